The van der Waals surface area contributed by atoms with E-state index in [0.717, 1.165) is 22.3 Å². The van der Waals surface area contributed by atoms with Crippen LogP contribution < -0.4 is 0 Å². The van der Waals surface area contributed by atoms with Gasteiger partial charge in [0.25, 0.3) is 0 Å². The first-order valence-corrected chi connectivity index (χ1v) is 7.96. The van der Waals surface area contributed by atoms with Gasteiger partial charge in [0.15, 0.2) is 11.6 Å². The Bertz CT molecular complexity index is 549. The van der Waals surface area contributed by atoms with Crippen molar-refractivity contribution in [3.05, 3.63) is 47.6 Å². The first-order chi connectivity index (χ1) is 10.2. The van der Waals surface area contributed by atoms with E-state index in [2.05, 4.69) is 25.3 Å². The molecular weight excluding hydrogens is 272 g/mol. The molecule has 0 radical (unpaired) electrons. The summed E-state index contributed by atoms with van der Waals surface area (Å²) in [6, 6.07) is 0. The van der Waals surface area contributed by atoms with E-state index in [4.69, 9.17) is 0 Å². The molecular formula is C20H26O2. The summed E-state index contributed by atoms with van der Waals surface area (Å²) in [6.07, 6.45) is 5.27. The topological polar surface area (TPSA) is 34.1 Å². The molecule has 0 heterocycles. The van der Waals surface area contributed by atoms with E-state index in [1.807, 2.05) is 27.7 Å². The van der Waals surface area contributed by atoms with Crippen LogP contribution >= 0.6 is 0 Å². The molecule has 0 saturated carbocycles. The van der Waals surface area contributed by atoms with Crippen molar-refractivity contribution in [3.8, 4) is 0 Å². The second kappa shape index (κ2) is 6.20. The van der Waals surface area contributed by atoms with Gasteiger partial charge in [-0.05, 0) is 62.5 Å². The molecule has 4 atom stereocenters. The minimum Gasteiger partial charge on any atom is -0.295 e. The highest BCUT2D eigenvalue weighted by molar-refractivity contribution is 5.97. The summed E-state index contributed by atoms with van der Waals surface area (Å²) in [5.41, 5.74) is 3.77. The van der Waals surface area contributed by atoms with E-state index < -0.39 is 0 Å². The molecule has 22 heavy (non-hydrogen) atoms. The smallest absolute Gasteiger partial charge is 0.158 e. The van der Waals surface area contributed by atoms with Crippen molar-refractivity contribution in [2.45, 2.75) is 40.5 Å². The van der Waals surface area contributed by atoms with Crippen molar-refractivity contribution in [2.75, 3.05) is 0 Å². The van der Waals surface area contributed by atoms with Crippen LogP contribution in [0.3, 0.4) is 0 Å². The van der Waals surface area contributed by atoms with Gasteiger partial charge in [-0.3, -0.25) is 9.59 Å². The van der Waals surface area contributed by atoms with E-state index in [1.54, 1.807) is 0 Å². The van der Waals surface area contributed by atoms with Gasteiger partial charge in [0, 0.05) is 12.8 Å². The van der Waals surface area contributed by atoms with Gasteiger partial charge in [-0.1, -0.05) is 36.5 Å². The minimum absolute atomic E-state index is 0.153. The molecule has 0 aromatic heterocycles. The fraction of sp³-hybridized carbons (Fsp3) is 0.500. The fourth-order valence-electron chi connectivity index (χ4n) is 3.75. The van der Waals surface area contributed by atoms with Gasteiger partial charge in [-0.25, -0.2) is 0 Å². The number of hydrogen-bond acceptors (Lipinski definition) is 2. The molecule has 2 aliphatic carbocycles. The van der Waals surface area contributed by atoms with Crippen LogP contribution in [0.4, 0.5) is 0 Å². The average Bonchev–Trinajstić information content (AvgIpc) is 2.43. The summed E-state index contributed by atoms with van der Waals surface area (Å²) in [4.78, 5) is 24.1. The summed E-state index contributed by atoms with van der Waals surface area (Å²) >= 11 is 0. The maximum absolute atomic E-state index is 12.1. The Balaban J connectivity index is 2.48. The van der Waals surface area contributed by atoms with Crippen molar-refractivity contribution in [3.63, 3.8) is 0 Å². The van der Waals surface area contributed by atoms with Crippen LogP contribution in [-0.4, -0.2) is 11.6 Å². The molecule has 0 saturated heterocycles. The lowest BCUT2D eigenvalue weighted by Crippen LogP contribution is -2.36. The lowest BCUT2D eigenvalue weighted by Gasteiger charge is -2.40. The molecule has 2 aliphatic rings. The molecule has 0 aromatic carbocycles. The standard InChI is InChI=1S/C20H26O2/c1-11(2)15-9-19(21)13(5)7-17(15)18-8-14(6)20(22)10-16(18)12(3)4/h7-8,15-18H,1,3,9-10H2,2,4-6H3/t15-,16+,17?,18?. The van der Waals surface area contributed by atoms with Crippen LogP contribution in [0, 0.1) is 23.7 Å². The van der Waals surface area contributed by atoms with Crippen LogP contribution in [0.1, 0.15) is 40.5 Å². The van der Waals surface area contributed by atoms with Crippen molar-refractivity contribution in [2.24, 2.45) is 23.7 Å². The maximum atomic E-state index is 12.1. The monoisotopic (exact) mass is 298 g/mol. The van der Waals surface area contributed by atoms with Crippen LogP contribution in [0.5, 0.6) is 0 Å². The molecule has 0 amide bonds. The van der Waals surface area contributed by atoms with E-state index >= 15 is 0 Å². The third-order valence-corrected chi connectivity index (χ3v) is 5.21. The molecule has 0 spiro atoms. The summed E-state index contributed by atoms with van der Waals surface area (Å²) in [6.45, 7) is 16.0. The van der Waals surface area contributed by atoms with E-state index in [-0.39, 0.29) is 35.2 Å². The Hall–Kier alpha value is -1.70. The predicted octanol–water partition coefficient (Wildman–Crippen LogP) is 4.44. The molecule has 0 N–H and O–H groups in total. The molecule has 2 heteroatoms. The molecule has 0 aromatic rings. The van der Waals surface area contributed by atoms with Gasteiger partial charge in [0.2, 0.25) is 0 Å². The van der Waals surface area contributed by atoms with Crippen LogP contribution in [0.15, 0.2) is 47.6 Å². The third-order valence-electron chi connectivity index (χ3n) is 5.21. The molecule has 118 valence electrons. The molecule has 0 fully saturated rings. The molecule has 2 nitrogen and oxygen atoms in total. The number of rotatable bonds is 3. The fourth-order valence-corrected chi connectivity index (χ4v) is 3.75. The van der Waals surface area contributed by atoms with Crippen molar-refractivity contribution in [1.82, 2.24) is 0 Å². The number of ketones is 2. The van der Waals surface area contributed by atoms with E-state index in [9.17, 15) is 9.59 Å². The first kappa shape index (κ1) is 16.7. The van der Waals surface area contributed by atoms with Gasteiger partial charge >= 0.3 is 0 Å². The lowest BCUT2D eigenvalue weighted by molar-refractivity contribution is -0.118. The van der Waals surface area contributed by atoms with Crippen molar-refractivity contribution in [1.29, 1.82) is 0 Å². The molecule has 0 aliphatic heterocycles. The Morgan fingerprint density at radius 1 is 0.864 bits per heavy atom. The van der Waals surface area contributed by atoms with Gasteiger partial charge in [0.05, 0.1) is 0 Å². The van der Waals surface area contributed by atoms with Gasteiger partial charge in [-0.15, -0.1) is 0 Å². The van der Waals surface area contributed by atoms with Crippen LogP contribution in [0.2, 0.25) is 0 Å². The maximum Gasteiger partial charge on any atom is 0.158 e. The summed E-state index contributed by atoms with van der Waals surface area (Å²) < 4.78 is 0. The highest BCUT2D eigenvalue weighted by Crippen LogP contribution is 2.44. The first-order valence-electron chi connectivity index (χ1n) is 7.96. The number of Topliss-reactive ketones (excluding diaryl/α,β-unsaturated/α-hetero) is 2. The Morgan fingerprint density at radius 3 is 1.45 bits per heavy atom. The van der Waals surface area contributed by atoms with Gasteiger partial charge in [-0.2, -0.15) is 0 Å². The number of carbonyl (C=O) groups is 2. The minimum atomic E-state index is 0.153. The average molecular weight is 298 g/mol. The summed E-state index contributed by atoms with van der Waals surface area (Å²) in [5.74, 6) is 1.17. The molecule has 2 rings (SSSR count). The highest BCUT2D eigenvalue weighted by atomic mass is 16.1. The number of allylic oxidation sites excluding steroid dienone is 6. The highest BCUT2D eigenvalue weighted by Gasteiger charge is 2.39. The molecule has 2 unspecified atom stereocenters. The Morgan fingerprint density at radius 2 is 1.18 bits per heavy atom. The summed E-state index contributed by atoms with van der Waals surface area (Å²) in [7, 11) is 0. The second-order valence-corrected chi connectivity index (χ2v) is 7.01. The Kier molecular flexibility index (Phi) is 4.69. The molecule has 0 bridgehead atoms. The normalized spacial score (nSPS) is 32.4. The van der Waals surface area contributed by atoms with Gasteiger partial charge in [0.1, 0.15) is 0 Å². The second-order valence-electron chi connectivity index (χ2n) is 7.01. The zero-order chi connectivity index (χ0) is 16.6. The van der Waals surface area contributed by atoms with Crippen molar-refractivity contribution >= 4 is 11.6 Å². The predicted molar refractivity (Wildman–Crippen MR) is 90.4 cm³/mol. The SMILES string of the molecule is C=C(C)[C@H]1CC(=O)C(C)=CC1C1C=C(C)C(=O)C[C@H]1C(=C)C. The Labute approximate surface area is 133 Å². The van der Waals surface area contributed by atoms with Crippen molar-refractivity contribution < 1.29 is 9.59 Å². The zero-order valence-corrected chi connectivity index (χ0v) is 14.1. The summed E-state index contributed by atoms with van der Waals surface area (Å²) in [5, 5.41) is 0. The third kappa shape index (κ3) is 3.06. The van der Waals surface area contributed by atoms with Gasteiger partial charge < -0.3 is 0 Å². The quantitative estimate of drug-likeness (QED) is 0.722. The zero-order valence-electron chi connectivity index (χ0n) is 14.1. The van der Waals surface area contributed by atoms with E-state index in [1.165, 1.54) is 0 Å². The van der Waals surface area contributed by atoms with Crippen LogP contribution in [-0.2, 0) is 9.59 Å². The number of hydrogen-bond donors (Lipinski definition) is 0. The van der Waals surface area contributed by atoms with Crippen LogP contribution in [0.25, 0.3) is 0 Å². The van der Waals surface area contributed by atoms with E-state index in [0.29, 0.717) is 12.8 Å². The lowest BCUT2D eigenvalue weighted by atomic mass is 9.63. The largest absolute Gasteiger partial charge is 0.295 e. The number of carbonyl (C=O) groups excluding carboxylic acids is 2.